The summed E-state index contributed by atoms with van der Waals surface area (Å²) in [7, 11) is 0. The highest BCUT2D eigenvalue weighted by atomic mass is 19.1. The van der Waals surface area contributed by atoms with E-state index in [1.54, 1.807) is 24.5 Å². The van der Waals surface area contributed by atoms with Gasteiger partial charge < -0.3 is 10.2 Å². The third kappa shape index (κ3) is 3.02. The molecule has 0 bridgehead atoms. The summed E-state index contributed by atoms with van der Waals surface area (Å²) < 4.78 is 14.9. The SMILES string of the molecule is Cc1cncc(NC(=O)c2cnc3ccc(N4CC[C@H](F)C4)nn23)c1. The van der Waals surface area contributed by atoms with E-state index < -0.39 is 6.17 Å². The normalized spacial score (nSPS) is 17.2. The Morgan fingerprint density at radius 1 is 1.32 bits per heavy atom. The number of carbonyl (C=O) groups excluding carboxylic acids is 1. The molecular weight excluding hydrogens is 323 g/mol. The number of nitrogens with one attached hydrogen (secondary N) is 1. The molecule has 1 aliphatic rings. The number of nitrogens with zero attached hydrogens (tertiary/aromatic N) is 5. The quantitative estimate of drug-likeness (QED) is 0.791. The van der Waals surface area contributed by atoms with Crippen LogP contribution in [0.2, 0.25) is 0 Å². The molecule has 0 radical (unpaired) electrons. The molecule has 0 spiro atoms. The van der Waals surface area contributed by atoms with Gasteiger partial charge in [-0.25, -0.2) is 13.9 Å². The Balaban J connectivity index is 1.64. The van der Waals surface area contributed by atoms with Gasteiger partial charge in [0.2, 0.25) is 0 Å². The molecule has 1 aliphatic heterocycles. The van der Waals surface area contributed by atoms with Crippen molar-refractivity contribution in [2.75, 3.05) is 23.3 Å². The van der Waals surface area contributed by atoms with Crippen molar-refractivity contribution in [3.8, 4) is 0 Å². The highest BCUT2D eigenvalue weighted by Crippen LogP contribution is 2.20. The molecule has 0 saturated carbocycles. The minimum Gasteiger partial charge on any atom is -0.352 e. The summed E-state index contributed by atoms with van der Waals surface area (Å²) in [5.41, 5.74) is 2.43. The van der Waals surface area contributed by atoms with Crippen molar-refractivity contribution in [2.45, 2.75) is 19.5 Å². The predicted molar refractivity (Wildman–Crippen MR) is 91.6 cm³/mol. The number of aromatic nitrogens is 4. The summed E-state index contributed by atoms with van der Waals surface area (Å²) in [4.78, 5) is 22.7. The first-order chi connectivity index (χ1) is 12.1. The van der Waals surface area contributed by atoms with Gasteiger partial charge in [0.1, 0.15) is 12.0 Å². The zero-order chi connectivity index (χ0) is 17.4. The first-order valence-corrected chi connectivity index (χ1v) is 8.07. The van der Waals surface area contributed by atoms with Gasteiger partial charge in [0.05, 0.1) is 24.6 Å². The number of fused-ring (bicyclic) bond motifs is 1. The van der Waals surface area contributed by atoms with Gasteiger partial charge >= 0.3 is 0 Å². The Hall–Kier alpha value is -3.03. The Kier molecular flexibility index (Phi) is 3.79. The van der Waals surface area contributed by atoms with Crippen LogP contribution < -0.4 is 10.2 Å². The second-order valence-corrected chi connectivity index (χ2v) is 6.14. The molecule has 8 heteroatoms. The van der Waals surface area contributed by atoms with Crippen molar-refractivity contribution in [3.63, 3.8) is 0 Å². The molecule has 128 valence electrons. The van der Waals surface area contributed by atoms with Crippen LogP contribution >= 0.6 is 0 Å². The number of alkyl halides is 1. The summed E-state index contributed by atoms with van der Waals surface area (Å²) in [6.07, 6.45) is 4.44. The number of imidazole rings is 1. The van der Waals surface area contributed by atoms with Crippen molar-refractivity contribution in [3.05, 3.63) is 48.0 Å². The zero-order valence-electron chi connectivity index (χ0n) is 13.7. The van der Waals surface area contributed by atoms with Crippen molar-refractivity contribution < 1.29 is 9.18 Å². The van der Waals surface area contributed by atoms with Gasteiger partial charge in [0.25, 0.3) is 5.91 Å². The predicted octanol–water partition coefficient (Wildman–Crippen LogP) is 2.23. The fourth-order valence-corrected chi connectivity index (χ4v) is 2.93. The molecule has 1 N–H and O–H groups in total. The molecule has 25 heavy (non-hydrogen) atoms. The second-order valence-electron chi connectivity index (χ2n) is 6.14. The van der Waals surface area contributed by atoms with Crippen LogP contribution in [0.15, 0.2) is 36.8 Å². The summed E-state index contributed by atoms with van der Waals surface area (Å²) in [5, 5.41) is 7.27. The van der Waals surface area contributed by atoms with E-state index in [4.69, 9.17) is 0 Å². The molecule has 0 aromatic carbocycles. The average Bonchev–Trinajstić information content (AvgIpc) is 3.20. The van der Waals surface area contributed by atoms with E-state index in [1.807, 2.05) is 17.9 Å². The van der Waals surface area contributed by atoms with Gasteiger partial charge in [-0.2, -0.15) is 0 Å². The highest BCUT2D eigenvalue weighted by Gasteiger charge is 2.24. The van der Waals surface area contributed by atoms with Crippen LogP contribution in [0.5, 0.6) is 0 Å². The fourth-order valence-electron chi connectivity index (χ4n) is 2.93. The Bertz CT molecular complexity index is 940. The van der Waals surface area contributed by atoms with Crippen LogP contribution in [-0.4, -0.2) is 44.8 Å². The highest BCUT2D eigenvalue weighted by molar-refractivity contribution is 6.03. The largest absolute Gasteiger partial charge is 0.352 e. The molecule has 4 rings (SSSR count). The lowest BCUT2D eigenvalue weighted by Gasteiger charge is -2.16. The molecule has 0 aliphatic carbocycles. The van der Waals surface area contributed by atoms with Crippen LogP contribution in [0.4, 0.5) is 15.9 Å². The van der Waals surface area contributed by atoms with Gasteiger partial charge in [-0.05, 0) is 37.1 Å². The molecule has 1 fully saturated rings. The summed E-state index contributed by atoms with van der Waals surface area (Å²) in [6, 6.07) is 5.41. The molecule has 7 nitrogen and oxygen atoms in total. The number of carbonyl (C=O) groups is 1. The van der Waals surface area contributed by atoms with E-state index in [2.05, 4.69) is 20.4 Å². The van der Waals surface area contributed by atoms with E-state index in [1.165, 1.54) is 10.7 Å². The molecule has 3 aromatic heterocycles. The average molecular weight is 340 g/mol. The Labute approximate surface area is 143 Å². The van der Waals surface area contributed by atoms with E-state index in [0.29, 0.717) is 42.4 Å². The lowest BCUT2D eigenvalue weighted by molar-refractivity contribution is 0.102. The van der Waals surface area contributed by atoms with Gasteiger partial charge in [-0.3, -0.25) is 9.78 Å². The summed E-state index contributed by atoms with van der Waals surface area (Å²) >= 11 is 0. The first kappa shape index (κ1) is 15.5. The number of hydrogen-bond donors (Lipinski definition) is 1. The molecule has 4 heterocycles. The maximum absolute atomic E-state index is 13.4. The number of aryl methyl sites for hydroxylation is 1. The lowest BCUT2D eigenvalue weighted by atomic mass is 10.3. The molecule has 1 saturated heterocycles. The summed E-state index contributed by atoms with van der Waals surface area (Å²) in [5.74, 6) is 0.311. The smallest absolute Gasteiger partial charge is 0.276 e. The third-order valence-electron chi connectivity index (χ3n) is 4.17. The Morgan fingerprint density at radius 2 is 2.20 bits per heavy atom. The monoisotopic (exact) mass is 340 g/mol. The summed E-state index contributed by atoms with van der Waals surface area (Å²) in [6.45, 7) is 2.84. The third-order valence-corrected chi connectivity index (χ3v) is 4.17. The second kappa shape index (κ2) is 6.12. The van der Waals surface area contributed by atoms with Gasteiger partial charge in [-0.1, -0.05) is 0 Å². The van der Waals surface area contributed by atoms with Crippen LogP contribution in [-0.2, 0) is 0 Å². The number of rotatable bonds is 3. The number of amides is 1. The van der Waals surface area contributed by atoms with E-state index in [0.717, 1.165) is 5.56 Å². The maximum Gasteiger partial charge on any atom is 0.276 e. The first-order valence-electron chi connectivity index (χ1n) is 8.07. The van der Waals surface area contributed by atoms with Gasteiger partial charge in [0, 0.05) is 12.7 Å². The van der Waals surface area contributed by atoms with Gasteiger partial charge in [0.15, 0.2) is 11.3 Å². The van der Waals surface area contributed by atoms with Crippen molar-refractivity contribution >= 4 is 23.1 Å². The van der Waals surface area contributed by atoms with Crippen molar-refractivity contribution in [1.82, 2.24) is 19.6 Å². The lowest BCUT2D eigenvalue weighted by Crippen LogP contribution is -2.23. The maximum atomic E-state index is 13.4. The molecule has 3 aromatic rings. The number of hydrogen-bond acceptors (Lipinski definition) is 5. The number of pyridine rings is 1. The van der Waals surface area contributed by atoms with Crippen molar-refractivity contribution in [2.24, 2.45) is 0 Å². The van der Waals surface area contributed by atoms with E-state index in [-0.39, 0.29) is 5.91 Å². The minimum atomic E-state index is -0.836. The van der Waals surface area contributed by atoms with Gasteiger partial charge in [-0.15, -0.1) is 5.10 Å². The van der Waals surface area contributed by atoms with Crippen molar-refractivity contribution in [1.29, 1.82) is 0 Å². The molecular formula is C17H17FN6O. The number of anilines is 2. The fraction of sp³-hybridized carbons (Fsp3) is 0.294. The minimum absolute atomic E-state index is 0.314. The van der Waals surface area contributed by atoms with Crippen LogP contribution in [0.25, 0.3) is 5.65 Å². The Morgan fingerprint density at radius 3 is 2.96 bits per heavy atom. The molecule has 1 atom stereocenters. The molecule has 0 unspecified atom stereocenters. The standard InChI is InChI=1S/C17H17FN6O/c1-11-6-13(8-19-7-11)21-17(25)14-9-20-15-2-3-16(22-24(14)15)23-5-4-12(18)10-23/h2-3,6-9,12H,4-5,10H2,1H3,(H,21,25)/t12-/m0/s1. The zero-order valence-corrected chi connectivity index (χ0v) is 13.7. The topological polar surface area (TPSA) is 75.4 Å². The van der Waals surface area contributed by atoms with Crippen LogP contribution in [0, 0.1) is 6.92 Å². The van der Waals surface area contributed by atoms with E-state index >= 15 is 0 Å². The number of halogens is 1. The van der Waals surface area contributed by atoms with E-state index in [9.17, 15) is 9.18 Å². The van der Waals surface area contributed by atoms with Crippen LogP contribution in [0.1, 0.15) is 22.5 Å². The molecule has 1 amide bonds. The van der Waals surface area contributed by atoms with Crippen LogP contribution in [0.3, 0.4) is 0 Å².